The molecule has 1 aromatic carbocycles. The summed E-state index contributed by atoms with van der Waals surface area (Å²) in [6.07, 6.45) is 4.20. The van der Waals surface area contributed by atoms with Crippen LogP contribution in [0.3, 0.4) is 0 Å². The predicted octanol–water partition coefficient (Wildman–Crippen LogP) is 2.95. The first-order chi connectivity index (χ1) is 12.0. The van der Waals surface area contributed by atoms with E-state index in [1.54, 1.807) is 31.3 Å². The van der Waals surface area contributed by atoms with E-state index in [1.165, 1.54) is 4.90 Å². The first-order valence-corrected chi connectivity index (χ1v) is 8.56. The number of carbonyl (C=O) groups excluding carboxylic acids is 2. The average Bonchev–Trinajstić information content (AvgIpc) is 2.64. The summed E-state index contributed by atoms with van der Waals surface area (Å²) in [5.74, 6) is -0.602. The van der Waals surface area contributed by atoms with Gasteiger partial charge in [-0.25, -0.2) is 4.79 Å². The first-order valence-electron chi connectivity index (χ1n) is 8.19. The molecule has 6 nitrogen and oxygen atoms in total. The number of nitrogens with zero attached hydrogens (tertiary/aromatic N) is 2. The molecule has 1 amide bonds. The second-order valence-electron chi connectivity index (χ2n) is 6.06. The van der Waals surface area contributed by atoms with E-state index in [1.807, 2.05) is 0 Å². The maximum absolute atomic E-state index is 12.3. The van der Waals surface area contributed by atoms with Crippen LogP contribution in [0, 0.1) is 11.3 Å². The van der Waals surface area contributed by atoms with Crippen LogP contribution in [0.25, 0.3) is 0 Å². The molecule has 0 bridgehead atoms. The topological polar surface area (TPSA) is 79.6 Å². The number of nitriles is 1. The second-order valence-corrected chi connectivity index (χ2v) is 6.50. The molecule has 1 aromatic rings. The van der Waals surface area contributed by atoms with Gasteiger partial charge in [0.2, 0.25) is 0 Å². The maximum Gasteiger partial charge on any atom is 0.344 e. The molecular formula is C18H21ClN2O4. The summed E-state index contributed by atoms with van der Waals surface area (Å²) in [5, 5.41) is 9.99. The van der Waals surface area contributed by atoms with Crippen molar-refractivity contribution in [3.8, 4) is 11.8 Å². The number of likely N-dealkylation sites (N-methyl/N-ethyl adjacent to an activating group) is 1. The molecular weight excluding hydrogens is 344 g/mol. The van der Waals surface area contributed by atoms with Crippen molar-refractivity contribution in [3.05, 3.63) is 29.3 Å². The lowest BCUT2D eigenvalue weighted by Crippen LogP contribution is -2.51. The maximum atomic E-state index is 12.3. The number of esters is 1. The molecule has 0 unspecified atom stereocenters. The minimum absolute atomic E-state index is 0.319. The highest BCUT2D eigenvalue weighted by atomic mass is 35.5. The van der Waals surface area contributed by atoms with Gasteiger partial charge in [0.15, 0.2) is 13.2 Å². The lowest BCUT2D eigenvalue weighted by Gasteiger charge is -2.38. The van der Waals surface area contributed by atoms with Crippen LogP contribution in [0.15, 0.2) is 24.3 Å². The Labute approximate surface area is 152 Å². The highest BCUT2D eigenvalue weighted by Crippen LogP contribution is 2.32. The summed E-state index contributed by atoms with van der Waals surface area (Å²) in [6, 6.07) is 8.90. The molecule has 0 saturated heterocycles. The predicted molar refractivity (Wildman–Crippen MR) is 92.1 cm³/mol. The van der Waals surface area contributed by atoms with Gasteiger partial charge in [-0.2, -0.15) is 5.26 Å². The third-order valence-electron chi connectivity index (χ3n) is 4.41. The van der Waals surface area contributed by atoms with Crippen LogP contribution in [0.2, 0.25) is 5.02 Å². The standard InChI is InChI=1S/C18H21ClN2O4/c1-21(18(13-20)8-3-2-4-9-18)16(22)11-25-17(23)12-24-15-7-5-6-14(19)10-15/h5-7,10H,2-4,8-9,11-12H2,1H3. The van der Waals surface area contributed by atoms with Crippen molar-refractivity contribution in [2.24, 2.45) is 0 Å². The van der Waals surface area contributed by atoms with Crippen LogP contribution in [0.1, 0.15) is 32.1 Å². The smallest absolute Gasteiger partial charge is 0.344 e. The molecule has 0 radical (unpaired) electrons. The van der Waals surface area contributed by atoms with E-state index in [0.29, 0.717) is 23.6 Å². The number of ether oxygens (including phenoxy) is 2. The van der Waals surface area contributed by atoms with E-state index >= 15 is 0 Å². The average molecular weight is 365 g/mol. The largest absolute Gasteiger partial charge is 0.482 e. The van der Waals surface area contributed by atoms with Gasteiger partial charge in [-0.15, -0.1) is 0 Å². The van der Waals surface area contributed by atoms with Gasteiger partial charge in [0, 0.05) is 12.1 Å². The Bertz CT molecular complexity index is 665. The minimum Gasteiger partial charge on any atom is -0.482 e. The molecule has 0 N–H and O–H groups in total. The monoisotopic (exact) mass is 364 g/mol. The fourth-order valence-electron chi connectivity index (χ4n) is 2.88. The van der Waals surface area contributed by atoms with Crippen LogP contribution < -0.4 is 4.74 Å². The van der Waals surface area contributed by atoms with Gasteiger partial charge in [-0.05, 0) is 31.0 Å². The quantitative estimate of drug-likeness (QED) is 0.725. The van der Waals surface area contributed by atoms with Gasteiger partial charge < -0.3 is 14.4 Å². The fraction of sp³-hybridized carbons (Fsp3) is 0.500. The van der Waals surface area contributed by atoms with Gasteiger partial charge in [0.05, 0.1) is 6.07 Å². The van der Waals surface area contributed by atoms with Crippen molar-refractivity contribution < 1.29 is 19.1 Å². The molecule has 1 saturated carbocycles. The molecule has 0 heterocycles. The highest BCUT2D eigenvalue weighted by Gasteiger charge is 2.38. The van der Waals surface area contributed by atoms with Crippen molar-refractivity contribution in [1.82, 2.24) is 4.90 Å². The van der Waals surface area contributed by atoms with Crippen molar-refractivity contribution in [2.75, 3.05) is 20.3 Å². The van der Waals surface area contributed by atoms with Crippen LogP contribution in [0.5, 0.6) is 5.75 Å². The molecule has 7 heteroatoms. The third-order valence-corrected chi connectivity index (χ3v) is 4.65. The molecule has 1 aliphatic rings. The van der Waals surface area contributed by atoms with Crippen LogP contribution in [-0.2, 0) is 14.3 Å². The summed E-state index contributed by atoms with van der Waals surface area (Å²) in [6.45, 7) is -0.724. The second kappa shape index (κ2) is 8.72. The fourth-order valence-corrected chi connectivity index (χ4v) is 3.06. The molecule has 134 valence electrons. The van der Waals surface area contributed by atoms with Gasteiger partial charge in [-0.1, -0.05) is 36.9 Å². The Morgan fingerprint density at radius 1 is 1.28 bits per heavy atom. The van der Waals surface area contributed by atoms with Gasteiger partial charge in [-0.3, -0.25) is 4.79 Å². The van der Waals surface area contributed by atoms with E-state index in [-0.39, 0.29) is 12.5 Å². The summed E-state index contributed by atoms with van der Waals surface area (Å²) in [4.78, 5) is 25.4. The number of carbonyl (C=O) groups is 2. The van der Waals surface area contributed by atoms with E-state index in [4.69, 9.17) is 21.1 Å². The Morgan fingerprint density at radius 3 is 2.64 bits per heavy atom. The van der Waals surface area contributed by atoms with E-state index in [9.17, 15) is 14.9 Å². The minimum atomic E-state index is -0.793. The van der Waals surface area contributed by atoms with Gasteiger partial charge >= 0.3 is 5.97 Å². The Hall–Kier alpha value is -2.26. The van der Waals surface area contributed by atoms with Gasteiger partial charge in [0.1, 0.15) is 11.3 Å². The number of hydrogen-bond acceptors (Lipinski definition) is 5. The van der Waals surface area contributed by atoms with Crippen molar-refractivity contribution in [2.45, 2.75) is 37.6 Å². The Kier molecular flexibility index (Phi) is 6.65. The number of halogens is 1. The van der Waals surface area contributed by atoms with Crippen molar-refractivity contribution in [3.63, 3.8) is 0 Å². The Balaban J connectivity index is 1.80. The van der Waals surface area contributed by atoms with Crippen LogP contribution in [-0.4, -0.2) is 42.6 Å². The zero-order valence-corrected chi connectivity index (χ0v) is 14.9. The first kappa shape index (κ1) is 19.1. The third kappa shape index (κ3) is 5.10. The van der Waals surface area contributed by atoms with Crippen LogP contribution >= 0.6 is 11.6 Å². The zero-order chi connectivity index (χ0) is 18.3. The number of amides is 1. The normalized spacial score (nSPS) is 15.7. The lowest BCUT2D eigenvalue weighted by molar-refractivity contribution is -0.155. The molecule has 0 aromatic heterocycles. The number of hydrogen-bond donors (Lipinski definition) is 0. The molecule has 1 aliphatic carbocycles. The van der Waals surface area contributed by atoms with Crippen LogP contribution in [0.4, 0.5) is 0 Å². The van der Waals surface area contributed by atoms with E-state index in [2.05, 4.69) is 6.07 Å². The van der Waals surface area contributed by atoms with Gasteiger partial charge in [0.25, 0.3) is 5.91 Å². The highest BCUT2D eigenvalue weighted by molar-refractivity contribution is 6.30. The summed E-state index contributed by atoms with van der Waals surface area (Å²) < 4.78 is 10.2. The van der Waals surface area contributed by atoms with Crippen molar-refractivity contribution >= 4 is 23.5 Å². The lowest BCUT2D eigenvalue weighted by atomic mass is 9.81. The summed E-state index contributed by atoms with van der Waals surface area (Å²) >= 11 is 5.83. The zero-order valence-electron chi connectivity index (χ0n) is 14.2. The molecule has 0 spiro atoms. The van der Waals surface area contributed by atoms with E-state index < -0.39 is 18.1 Å². The molecule has 1 fully saturated rings. The Morgan fingerprint density at radius 2 is 2.00 bits per heavy atom. The van der Waals surface area contributed by atoms with E-state index in [0.717, 1.165) is 19.3 Å². The molecule has 0 aliphatic heterocycles. The SMILES string of the molecule is CN(C(=O)COC(=O)COc1cccc(Cl)c1)C1(C#N)CCCCC1. The number of benzene rings is 1. The molecule has 2 rings (SSSR count). The summed E-state index contributed by atoms with van der Waals surface area (Å²) in [7, 11) is 1.59. The molecule has 25 heavy (non-hydrogen) atoms. The number of rotatable bonds is 6. The summed E-state index contributed by atoms with van der Waals surface area (Å²) in [5.41, 5.74) is -0.793. The van der Waals surface area contributed by atoms with Crippen molar-refractivity contribution in [1.29, 1.82) is 5.26 Å². The molecule has 0 atom stereocenters.